The molecule has 0 aromatic heterocycles. The Bertz CT molecular complexity index is 430. The minimum atomic E-state index is -1.04. The topological polar surface area (TPSA) is 58.9 Å². The molecule has 1 aromatic carbocycles. The maximum absolute atomic E-state index is 10.6. The van der Waals surface area contributed by atoms with Crippen molar-refractivity contribution >= 4 is 23.3 Å². The van der Waals surface area contributed by atoms with Gasteiger partial charge in [0.25, 0.3) is 0 Å². The van der Waals surface area contributed by atoms with Gasteiger partial charge >= 0.3 is 5.97 Å². The van der Waals surface area contributed by atoms with E-state index in [1.54, 1.807) is 18.2 Å². The van der Waals surface area contributed by atoms with Crippen LogP contribution in [0, 0.1) is 0 Å². The first-order valence-corrected chi connectivity index (χ1v) is 4.76. The molecule has 0 amide bonds. The van der Waals surface area contributed by atoms with Gasteiger partial charge in [-0.2, -0.15) is 0 Å². The highest BCUT2D eigenvalue weighted by molar-refractivity contribution is 6.35. The molecule has 0 saturated carbocycles. The van der Waals surface area contributed by atoms with Crippen molar-refractivity contribution in [2.24, 2.45) is 5.16 Å². The molecule has 0 fully saturated rings. The number of benzene rings is 1. The largest absolute Gasteiger partial charge is 0.477 e. The van der Waals surface area contributed by atoms with Crippen LogP contribution in [-0.2, 0) is 9.63 Å². The number of hydrogen-bond acceptors (Lipinski definition) is 3. The predicted octanol–water partition coefficient (Wildman–Crippen LogP) is 2.24. The zero-order valence-electron chi connectivity index (χ0n) is 7.68. The Hall–Kier alpha value is -1.55. The average molecular weight is 226 g/mol. The lowest BCUT2D eigenvalue weighted by Crippen LogP contribution is -2.11. The monoisotopic (exact) mass is 225 g/mol. The molecule has 4 nitrogen and oxygen atoms in total. The van der Waals surface area contributed by atoms with Crippen LogP contribution in [0.1, 0.15) is 18.1 Å². The van der Waals surface area contributed by atoms with Gasteiger partial charge in [0.15, 0.2) is 11.8 Å². The van der Waals surface area contributed by atoms with E-state index in [-0.39, 0.29) is 18.2 Å². The van der Waals surface area contributed by atoms with Crippen molar-refractivity contribution in [2.45, 2.75) is 12.5 Å². The summed E-state index contributed by atoms with van der Waals surface area (Å²) in [4.78, 5) is 15.6. The summed E-state index contributed by atoms with van der Waals surface area (Å²) in [5.74, 6) is -1.04. The summed E-state index contributed by atoms with van der Waals surface area (Å²) in [6.45, 7) is 0. The molecule has 1 atom stereocenters. The fourth-order valence-corrected chi connectivity index (χ4v) is 1.59. The minimum Gasteiger partial charge on any atom is -0.477 e. The zero-order valence-corrected chi connectivity index (χ0v) is 8.44. The first-order chi connectivity index (χ1) is 7.16. The van der Waals surface area contributed by atoms with Crippen LogP contribution in [0.3, 0.4) is 0 Å². The van der Waals surface area contributed by atoms with Crippen molar-refractivity contribution in [2.75, 3.05) is 0 Å². The molecule has 1 N–H and O–H groups in total. The Morgan fingerprint density at radius 3 is 3.00 bits per heavy atom. The highest BCUT2D eigenvalue weighted by atomic mass is 35.5. The Labute approximate surface area is 91.1 Å². The fraction of sp³-hybridized carbons (Fsp3) is 0.200. The van der Waals surface area contributed by atoms with E-state index >= 15 is 0 Å². The number of oxime groups is 1. The van der Waals surface area contributed by atoms with Crippen molar-refractivity contribution in [3.05, 3.63) is 34.9 Å². The standard InChI is InChI=1S/C10H8ClNO3/c11-7-3-1-2-6(4-7)9-5-8(10(13)14)12-15-9/h1-4,9H,5H2,(H,13,14)/t9-/m1/s1. The third-order valence-corrected chi connectivity index (χ3v) is 2.37. The summed E-state index contributed by atoms with van der Waals surface area (Å²) in [5, 5.41) is 12.8. The number of carboxylic acid groups (broad SMARTS) is 1. The van der Waals surface area contributed by atoms with Crippen molar-refractivity contribution in [3.8, 4) is 0 Å². The number of rotatable bonds is 2. The molecule has 15 heavy (non-hydrogen) atoms. The van der Waals surface area contributed by atoms with Gasteiger partial charge in [0.2, 0.25) is 0 Å². The number of carbonyl (C=O) groups is 1. The van der Waals surface area contributed by atoms with Gasteiger partial charge in [-0.15, -0.1) is 0 Å². The van der Waals surface area contributed by atoms with E-state index in [4.69, 9.17) is 21.5 Å². The lowest BCUT2D eigenvalue weighted by atomic mass is 10.0. The second-order valence-corrected chi connectivity index (χ2v) is 3.63. The quantitative estimate of drug-likeness (QED) is 0.840. The lowest BCUT2D eigenvalue weighted by molar-refractivity contribution is -0.129. The first kappa shape index (κ1) is 9.98. The number of nitrogens with zero attached hydrogens (tertiary/aromatic N) is 1. The molecule has 5 heteroatoms. The molecule has 0 spiro atoms. The average Bonchev–Trinajstić information content (AvgIpc) is 2.66. The van der Waals surface area contributed by atoms with Crippen LogP contribution in [-0.4, -0.2) is 16.8 Å². The van der Waals surface area contributed by atoms with E-state index in [2.05, 4.69) is 5.16 Å². The Morgan fingerprint density at radius 2 is 2.40 bits per heavy atom. The highest BCUT2D eigenvalue weighted by Gasteiger charge is 2.26. The van der Waals surface area contributed by atoms with E-state index in [0.717, 1.165) is 5.56 Å². The summed E-state index contributed by atoms with van der Waals surface area (Å²) in [5.41, 5.74) is 0.877. The van der Waals surface area contributed by atoms with Gasteiger partial charge in [0.1, 0.15) is 0 Å². The molecule has 1 heterocycles. The molecule has 1 aliphatic heterocycles. The molecule has 0 aliphatic carbocycles. The van der Waals surface area contributed by atoms with Gasteiger partial charge in [-0.05, 0) is 17.7 Å². The predicted molar refractivity (Wildman–Crippen MR) is 55.0 cm³/mol. The SMILES string of the molecule is O=C(O)C1=NO[C@@H](c2cccc(Cl)c2)C1. The van der Waals surface area contributed by atoms with E-state index in [0.29, 0.717) is 5.02 Å². The maximum atomic E-state index is 10.6. The van der Waals surface area contributed by atoms with Crippen LogP contribution in [0.5, 0.6) is 0 Å². The normalized spacial score (nSPS) is 19.5. The van der Waals surface area contributed by atoms with Crippen LogP contribution in [0.2, 0.25) is 5.02 Å². The summed E-state index contributed by atoms with van der Waals surface area (Å²) < 4.78 is 0. The molecular formula is C10H8ClNO3. The zero-order chi connectivity index (χ0) is 10.8. The summed E-state index contributed by atoms with van der Waals surface area (Å²) >= 11 is 5.81. The molecule has 0 unspecified atom stereocenters. The summed E-state index contributed by atoms with van der Waals surface area (Å²) in [6, 6.07) is 7.11. The third-order valence-electron chi connectivity index (χ3n) is 2.14. The van der Waals surface area contributed by atoms with Crippen LogP contribution in [0.4, 0.5) is 0 Å². The molecule has 78 valence electrons. The number of halogens is 1. The van der Waals surface area contributed by atoms with Crippen LogP contribution in [0.15, 0.2) is 29.4 Å². The maximum Gasteiger partial charge on any atom is 0.353 e. The van der Waals surface area contributed by atoms with Gasteiger partial charge in [-0.3, -0.25) is 0 Å². The molecule has 2 rings (SSSR count). The number of carboxylic acids is 1. The van der Waals surface area contributed by atoms with Gasteiger partial charge in [-0.1, -0.05) is 28.9 Å². The molecule has 0 saturated heterocycles. The van der Waals surface area contributed by atoms with Gasteiger partial charge in [0, 0.05) is 11.4 Å². The Kier molecular flexibility index (Phi) is 2.60. The molecule has 0 bridgehead atoms. The first-order valence-electron chi connectivity index (χ1n) is 4.38. The lowest BCUT2D eigenvalue weighted by Gasteiger charge is -2.07. The van der Waals surface area contributed by atoms with Gasteiger partial charge in [-0.25, -0.2) is 4.79 Å². The van der Waals surface area contributed by atoms with Crippen molar-refractivity contribution < 1.29 is 14.7 Å². The van der Waals surface area contributed by atoms with Crippen molar-refractivity contribution in [1.29, 1.82) is 0 Å². The van der Waals surface area contributed by atoms with E-state index in [1.165, 1.54) is 0 Å². The fourth-order valence-electron chi connectivity index (χ4n) is 1.39. The van der Waals surface area contributed by atoms with Crippen LogP contribution >= 0.6 is 11.6 Å². The van der Waals surface area contributed by atoms with E-state index in [9.17, 15) is 4.79 Å². The van der Waals surface area contributed by atoms with Crippen LogP contribution < -0.4 is 0 Å². The molecule has 0 radical (unpaired) electrons. The Balaban J connectivity index is 2.13. The molecular weight excluding hydrogens is 218 g/mol. The minimum absolute atomic E-state index is 0.0416. The molecule has 1 aliphatic rings. The van der Waals surface area contributed by atoms with E-state index in [1.807, 2.05) is 6.07 Å². The number of aliphatic carboxylic acids is 1. The van der Waals surface area contributed by atoms with Crippen molar-refractivity contribution in [1.82, 2.24) is 0 Å². The highest BCUT2D eigenvalue weighted by Crippen LogP contribution is 2.28. The Morgan fingerprint density at radius 1 is 1.60 bits per heavy atom. The smallest absolute Gasteiger partial charge is 0.353 e. The second-order valence-electron chi connectivity index (χ2n) is 3.20. The van der Waals surface area contributed by atoms with Gasteiger partial charge in [0.05, 0.1) is 0 Å². The van der Waals surface area contributed by atoms with Crippen LogP contribution in [0.25, 0.3) is 0 Å². The number of hydrogen-bond donors (Lipinski definition) is 1. The van der Waals surface area contributed by atoms with E-state index < -0.39 is 5.97 Å². The summed E-state index contributed by atoms with van der Waals surface area (Å²) in [6.07, 6.45) is -0.0647. The van der Waals surface area contributed by atoms with Gasteiger partial charge < -0.3 is 9.94 Å². The third kappa shape index (κ3) is 2.10. The second kappa shape index (κ2) is 3.90. The summed E-state index contributed by atoms with van der Waals surface area (Å²) in [7, 11) is 0. The molecule has 1 aromatic rings. The van der Waals surface area contributed by atoms with Crippen molar-refractivity contribution in [3.63, 3.8) is 0 Å².